The maximum Gasteiger partial charge on any atom is 0.351 e. The van der Waals surface area contributed by atoms with Crippen molar-refractivity contribution < 1.29 is 29.9 Å². The summed E-state index contributed by atoms with van der Waals surface area (Å²) >= 11 is 0. The van der Waals surface area contributed by atoms with E-state index in [4.69, 9.17) is 25.4 Å². The molecule has 4 rings (SSSR count). The van der Waals surface area contributed by atoms with Gasteiger partial charge < -0.3 is 35.6 Å². The van der Waals surface area contributed by atoms with Gasteiger partial charge in [0.25, 0.3) is 5.56 Å². The van der Waals surface area contributed by atoms with E-state index in [2.05, 4.69) is 21.8 Å². The van der Waals surface area contributed by atoms with Gasteiger partial charge in [-0.1, -0.05) is 5.92 Å². The molecule has 2 aromatic heterocycles. The molecule has 0 bridgehead atoms. The van der Waals surface area contributed by atoms with Crippen LogP contribution in [0.5, 0.6) is 0 Å². The fraction of sp³-hybridized carbons (Fsp3) is 0.524. The van der Waals surface area contributed by atoms with Crippen molar-refractivity contribution in [3.8, 4) is 11.8 Å². The standard InChI is InChI=1S/C12H14N2O5.C9H13N3O4/c1-2-3-7-5-14(12(18)13-11(7)17)10-4-8(16)9(6-15)19-10;10-7-1-2-12(9(15)11-7)8-3-5(14)6(4-13)16-8/h5,8-10,15-16H,4,6H2,1H3,(H,13,17,18);1-2,5-6,8,13-14H,3-4H2,(H2,10,11,15)/t8-,9+,10+;5-,6+,8+/m00/s1. The van der Waals surface area contributed by atoms with E-state index in [0.29, 0.717) is 0 Å². The fourth-order valence-corrected chi connectivity index (χ4v) is 3.67. The van der Waals surface area contributed by atoms with E-state index in [9.17, 15) is 24.6 Å². The number of nitrogen functional groups attached to an aromatic ring is 1. The van der Waals surface area contributed by atoms with Crippen LogP contribution in [0.1, 0.15) is 37.8 Å². The van der Waals surface area contributed by atoms with E-state index in [-0.39, 0.29) is 37.4 Å². The van der Waals surface area contributed by atoms with E-state index >= 15 is 0 Å². The Balaban J connectivity index is 0.000000198. The number of hydrogen-bond acceptors (Lipinski definition) is 11. The van der Waals surface area contributed by atoms with Crippen molar-refractivity contribution in [1.29, 1.82) is 0 Å². The summed E-state index contributed by atoms with van der Waals surface area (Å²) in [4.78, 5) is 40.4. The van der Waals surface area contributed by atoms with Gasteiger partial charge in [-0.3, -0.25) is 18.9 Å². The molecule has 14 heteroatoms. The molecule has 190 valence electrons. The van der Waals surface area contributed by atoms with Crippen molar-refractivity contribution >= 4 is 5.82 Å². The van der Waals surface area contributed by atoms with Crippen LogP contribution in [0.4, 0.5) is 5.82 Å². The highest BCUT2D eigenvalue weighted by atomic mass is 16.5. The van der Waals surface area contributed by atoms with Gasteiger partial charge in [0.2, 0.25) is 0 Å². The number of anilines is 1. The predicted molar refractivity (Wildman–Crippen MR) is 120 cm³/mol. The molecule has 35 heavy (non-hydrogen) atoms. The number of H-pyrrole nitrogens is 1. The monoisotopic (exact) mass is 493 g/mol. The molecule has 2 saturated heterocycles. The third kappa shape index (κ3) is 6.03. The van der Waals surface area contributed by atoms with Gasteiger partial charge in [-0.15, -0.1) is 5.92 Å². The Morgan fingerprint density at radius 2 is 1.66 bits per heavy atom. The van der Waals surface area contributed by atoms with Gasteiger partial charge in [-0.2, -0.15) is 4.98 Å². The summed E-state index contributed by atoms with van der Waals surface area (Å²) in [6, 6.07) is 1.48. The van der Waals surface area contributed by atoms with Gasteiger partial charge >= 0.3 is 11.4 Å². The van der Waals surface area contributed by atoms with Crippen LogP contribution in [0.15, 0.2) is 32.8 Å². The van der Waals surface area contributed by atoms with E-state index < -0.39 is 53.8 Å². The molecule has 2 fully saturated rings. The maximum absolute atomic E-state index is 11.7. The summed E-state index contributed by atoms with van der Waals surface area (Å²) in [6.45, 7) is 0.957. The zero-order chi connectivity index (χ0) is 25.7. The SMILES string of the molecule is CC#Cc1cn([C@H]2C[C@H](O)[C@@H](CO)O2)c(=O)[nH]c1=O.Nc1ccn([C@H]2C[C@H](O)[C@@H](CO)O2)c(=O)n1. The molecule has 0 aliphatic carbocycles. The van der Waals surface area contributed by atoms with Crippen LogP contribution in [-0.2, 0) is 9.47 Å². The van der Waals surface area contributed by atoms with Crippen molar-refractivity contribution in [3.63, 3.8) is 0 Å². The number of aliphatic hydroxyl groups excluding tert-OH is 4. The second kappa shape index (κ2) is 11.4. The number of aromatic nitrogens is 4. The zero-order valence-electron chi connectivity index (χ0n) is 18.8. The molecule has 0 saturated carbocycles. The molecular formula is C21H27N5O9. The molecule has 6 atom stereocenters. The Kier molecular flexibility index (Phi) is 8.57. The lowest BCUT2D eigenvalue weighted by Crippen LogP contribution is -2.33. The van der Waals surface area contributed by atoms with Gasteiger partial charge in [-0.05, 0) is 13.0 Å². The van der Waals surface area contributed by atoms with Crippen LogP contribution in [0.3, 0.4) is 0 Å². The second-order valence-electron chi connectivity index (χ2n) is 7.86. The smallest absolute Gasteiger partial charge is 0.351 e. The van der Waals surface area contributed by atoms with Gasteiger partial charge in [-0.25, -0.2) is 9.59 Å². The van der Waals surface area contributed by atoms with Gasteiger partial charge in [0, 0.05) is 25.2 Å². The van der Waals surface area contributed by atoms with Crippen LogP contribution in [-0.4, -0.2) is 77.2 Å². The first kappa shape index (κ1) is 26.3. The van der Waals surface area contributed by atoms with Gasteiger partial charge in [0.15, 0.2) is 0 Å². The highest BCUT2D eigenvalue weighted by Crippen LogP contribution is 2.28. The lowest BCUT2D eigenvalue weighted by Gasteiger charge is -2.14. The Labute approximate surface area is 198 Å². The fourth-order valence-electron chi connectivity index (χ4n) is 3.67. The molecule has 0 amide bonds. The van der Waals surface area contributed by atoms with Crippen molar-refractivity contribution in [3.05, 3.63) is 55.3 Å². The van der Waals surface area contributed by atoms with Gasteiger partial charge in [0.05, 0.1) is 25.4 Å². The first-order valence-electron chi connectivity index (χ1n) is 10.7. The van der Waals surface area contributed by atoms with Crippen molar-refractivity contribution in [1.82, 2.24) is 19.1 Å². The molecule has 4 heterocycles. The molecule has 0 spiro atoms. The topological polar surface area (TPSA) is 215 Å². The summed E-state index contributed by atoms with van der Waals surface area (Å²) in [7, 11) is 0. The summed E-state index contributed by atoms with van der Waals surface area (Å²) in [6.07, 6.45) is -1.18. The number of aromatic amines is 1. The van der Waals surface area contributed by atoms with Crippen LogP contribution in [0.25, 0.3) is 0 Å². The molecule has 7 N–H and O–H groups in total. The zero-order valence-corrected chi connectivity index (χ0v) is 18.8. The maximum atomic E-state index is 11.7. The van der Waals surface area contributed by atoms with E-state index in [1.807, 2.05) is 0 Å². The minimum atomic E-state index is -0.852. The first-order chi connectivity index (χ1) is 16.7. The Morgan fingerprint density at radius 3 is 2.14 bits per heavy atom. The minimum Gasteiger partial charge on any atom is -0.394 e. The highest BCUT2D eigenvalue weighted by molar-refractivity contribution is 5.28. The Bertz CT molecular complexity index is 1260. The van der Waals surface area contributed by atoms with E-state index in [0.717, 1.165) is 0 Å². The number of nitrogens with two attached hydrogens (primary N) is 1. The minimum absolute atomic E-state index is 0.138. The van der Waals surface area contributed by atoms with Crippen molar-refractivity contribution in [2.24, 2.45) is 0 Å². The van der Waals surface area contributed by atoms with Crippen molar-refractivity contribution in [2.75, 3.05) is 18.9 Å². The molecule has 2 aliphatic heterocycles. The molecular weight excluding hydrogens is 466 g/mol. The second-order valence-corrected chi connectivity index (χ2v) is 7.86. The average Bonchev–Trinajstić information content (AvgIpc) is 3.37. The van der Waals surface area contributed by atoms with Gasteiger partial charge in [0.1, 0.15) is 36.0 Å². The quantitative estimate of drug-likeness (QED) is 0.236. The normalized spacial score (nSPS) is 27.6. The molecule has 14 nitrogen and oxygen atoms in total. The largest absolute Gasteiger partial charge is 0.394 e. The molecule has 0 radical (unpaired) electrons. The first-order valence-corrected chi connectivity index (χ1v) is 10.7. The number of nitrogens with one attached hydrogen (secondary N) is 1. The number of aliphatic hydroxyl groups is 4. The third-order valence-electron chi connectivity index (χ3n) is 5.47. The van der Waals surface area contributed by atoms with Crippen molar-refractivity contribution in [2.45, 2.75) is 56.6 Å². The molecule has 2 aliphatic rings. The van der Waals surface area contributed by atoms with Crippen LogP contribution in [0.2, 0.25) is 0 Å². The van der Waals surface area contributed by atoms with E-state index in [1.54, 1.807) is 6.92 Å². The number of nitrogens with zero attached hydrogens (tertiary/aromatic N) is 3. The highest BCUT2D eigenvalue weighted by Gasteiger charge is 2.36. The van der Waals surface area contributed by atoms with Crippen LogP contribution >= 0.6 is 0 Å². The van der Waals surface area contributed by atoms with Crippen LogP contribution in [0, 0.1) is 11.8 Å². The third-order valence-corrected chi connectivity index (χ3v) is 5.47. The van der Waals surface area contributed by atoms with E-state index in [1.165, 1.54) is 27.6 Å². The Morgan fingerprint density at radius 1 is 1.09 bits per heavy atom. The summed E-state index contributed by atoms with van der Waals surface area (Å²) in [5, 5.41) is 37.1. The van der Waals surface area contributed by atoms with Crippen LogP contribution < -0.4 is 22.7 Å². The molecule has 0 aromatic carbocycles. The summed E-state index contributed by atoms with van der Waals surface area (Å²) in [5.41, 5.74) is 3.77. The number of hydrogen-bond donors (Lipinski definition) is 6. The average molecular weight is 493 g/mol. The lowest BCUT2D eigenvalue weighted by atomic mass is 10.2. The number of ether oxygens (including phenoxy) is 2. The summed E-state index contributed by atoms with van der Waals surface area (Å²) < 4.78 is 13.1. The molecule has 2 aromatic rings. The Hall–Kier alpha value is -3.32. The number of rotatable bonds is 4. The predicted octanol–water partition coefficient (Wildman–Crippen LogP) is -2.99. The lowest BCUT2D eigenvalue weighted by molar-refractivity contribution is -0.0459. The molecule has 0 unspecified atom stereocenters. The summed E-state index contributed by atoms with van der Waals surface area (Å²) in [5.74, 6) is 5.30.